The maximum Gasteiger partial charge on any atom is 0.306 e. The molecule has 0 bridgehead atoms. The van der Waals surface area contributed by atoms with E-state index in [4.69, 9.17) is 9.47 Å². The number of carbonyl (C=O) groups is 2. The van der Waals surface area contributed by atoms with Gasteiger partial charge < -0.3 is 19.7 Å². The van der Waals surface area contributed by atoms with Crippen LogP contribution in [0.2, 0.25) is 0 Å². The first-order valence-electron chi connectivity index (χ1n) is 13.4. The number of amides is 1. The highest BCUT2D eigenvalue weighted by Crippen LogP contribution is 2.29. The van der Waals surface area contributed by atoms with E-state index in [1.807, 2.05) is 66.5 Å². The molecule has 1 amide bonds. The molecule has 0 radical (unpaired) electrons. The molecule has 7 nitrogen and oxygen atoms in total. The summed E-state index contributed by atoms with van der Waals surface area (Å²) in [6, 6.07) is 26.4. The van der Waals surface area contributed by atoms with Crippen LogP contribution in [-0.2, 0) is 20.7 Å². The van der Waals surface area contributed by atoms with Gasteiger partial charge in [-0.1, -0.05) is 66.7 Å². The number of likely N-dealkylation sites (tertiary alicyclic amines) is 1. The topological polar surface area (TPSA) is 80.2 Å². The summed E-state index contributed by atoms with van der Waals surface area (Å²) in [5, 5.41) is 3.10. The zero-order valence-corrected chi connectivity index (χ0v) is 22.9. The standard InChI is InChI=1S/C32H37N3O4/c1-33-31(34-2)26-13-11-24(12-14-26)25-15-17-29(18-16-25)39-22-28-20-27(21-30(36)38-3)32(37)35(28)19-7-10-23-8-5-4-6-9-23/h4-6,8-9,11-18,27-28H,7,10,19-22H2,1-3H3,(H,33,34)/t27-,28-/m0/s1. The van der Waals surface area contributed by atoms with Gasteiger partial charge in [-0.15, -0.1) is 0 Å². The second-order valence-electron chi connectivity index (χ2n) is 9.72. The molecule has 7 heteroatoms. The van der Waals surface area contributed by atoms with Crippen LogP contribution in [0.25, 0.3) is 11.1 Å². The number of aliphatic imine (C=N–C) groups is 1. The highest BCUT2D eigenvalue weighted by atomic mass is 16.5. The Morgan fingerprint density at radius 3 is 2.28 bits per heavy atom. The minimum absolute atomic E-state index is 0.00963. The van der Waals surface area contributed by atoms with E-state index in [0.717, 1.165) is 41.1 Å². The fraction of sp³-hybridized carbons (Fsp3) is 0.344. The molecule has 1 fully saturated rings. The molecule has 0 saturated carbocycles. The van der Waals surface area contributed by atoms with Crippen LogP contribution in [0.3, 0.4) is 0 Å². The minimum atomic E-state index is -0.366. The highest BCUT2D eigenvalue weighted by molar-refractivity contribution is 5.98. The number of benzene rings is 3. The predicted octanol–water partition coefficient (Wildman–Crippen LogP) is 4.74. The monoisotopic (exact) mass is 527 g/mol. The van der Waals surface area contributed by atoms with Crippen molar-refractivity contribution in [3.8, 4) is 16.9 Å². The van der Waals surface area contributed by atoms with Crippen molar-refractivity contribution >= 4 is 17.7 Å². The SMILES string of the molecule is CN=C(NC)c1ccc(-c2ccc(OC[C@@H]3C[C@@H](CC(=O)OC)C(=O)N3CCCc3ccccc3)cc2)cc1. The van der Waals surface area contributed by atoms with Gasteiger partial charge in [-0.25, -0.2) is 0 Å². The van der Waals surface area contributed by atoms with Crippen molar-refractivity contribution < 1.29 is 19.1 Å². The van der Waals surface area contributed by atoms with E-state index < -0.39 is 0 Å². The summed E-state index contributed by atoms with van der Waals surface area (Å²) < 4.78 is 11.0. The summed E-state index contributed by atoms with van der Waals surface area (Å²) in [6.45, 7) is 1.01. The van der Waals surface area contributed by atoms with Crippen molar-refractivity contribution in [2.45, 2.75) is 31.7 Å². The zero-order valence-electron chi connectivity index (χ0n) is 22.9. The van der Waals surface area contributed by atoms with Gasteiger partial charge in [-0.2, -0.15) is 0 Å². The molecule has 204 valence electrons. The van der Waals surface area contributed by atoms with Gasteiger partial charge in [0.05, 0.1) is 25.5 Å². The molecule has 3 aromatic carbocycles. The van der Waals surface area contributed by atoms with Crippen molar-refractivity contribution in [1.82, 2.24) is 10.2 Å². The van der Waals surface area contributed by atoms with Crippen LogP contribution in [0.1, 0.15) is 30.4 Å². The van der Waals surface area contributed by atoms with Crippen LogP contribution in [0.4, 0.5) is 0 Å². The minimum Gasteiger partial charge on any atom is -0.491 e. The molecule has 0 unspecified atom stereocenters. The van der Waals surface area contributed by atoms with E-state index in [1.165, 1.54) is 12.7 Å². The first-order chi connectivity index (χ1) is 19.0. The first-order valence-corrected chi connectivity index (χ1v) is 13.4. The van der Waals surface area contributed by atoms with E-state index in [1.54, 1.807) is 7.05 Å². The van der Waals surface area contributed by atoms with E-state index in [-0.39, 0.29) is 30.3 Å². The number of rotatable bonds is 11. The van der Waals surface area contributed by atoms with Gasteiger partial charge in [0.25, 0.3) is 0 Å². The smallest absolute Gasteiger partial charge is 0.306 e. The van der Waals surface area contributed by atoms with Crippen LogP contribution < -0.4 is 10.1 Å². The van der Waals surface area contributed by atoms with Gasteiger partial charge in [0.2, 0.25) is 5.91 Å². The number of hydrogen-bond donors (Lipinski definition) is 1. The number of nitrogens with one attached hydrogen (secondary N) is 1. The molecular formula is C32H37N3O4. The molecule has 0 aromatic heterocycles. The van der Waals surface area contributed by atoms with Crippen LogP contribution in [-0.4, -0.2) is 63.0 Å². The molecule has 3 aromatic rings. The Labute approximate surface area is 230 Å². The molecule has 1 aliphatic rings. The molecule has 4 rings (SSSR count). The molecule has 1 heterocycles. The van der Waals surface area contributed by atoms with Gasteiger partial charge >= 0.3 is 5.97 Å². The van der Waals surface area contributed by atoms with Crippen molar-refractivity contribution in [3.05, 3.63) is 90.0 Å². The van der Waals surface area contributed by atoms with E-state index in [2.05, 4.69) is 34.6 Å². The number of esters is 1. The number of nitrogens with zero attached hydrogens (tertiary/aromatic N) is 2. The average Bonchev–Trinajstić information content (AvgIpc) is 3.27. The Balaban J connectivity index is 1.38. The quantitative estimate of drug-likeness (QED) is 0.221. The predicted molar refractivity (Wildman–Crippen MR) is 154 cm³/mol. The molecule has 1 N–H and O–H groups in total. The number of ether oxygens (including phenoxy) is 2. The van der Waals surface area contributed by atoms with Crippen molar-refractivity contribution in [3.63, 3.8) is 0 Å². The van der Waals surface area contributed by atoms with Crippen molar-refractivity contribution in [2.75, 3.05) is 34.4 Å². The lowest BCUT2D eigenvalue weighted by atomic mass is 10.0. The average molecular weight is 528 g/mol. The van der Waals surface area contributed by atoms with Crippen LogP contribution in [0, 0.1) is 5.92 Å². The first kappa shape index (κ1) is 27.9. The largest absolute Gasteiger partial charge is 0.491 e. The van der Waals surface area contributed by atoms with Gasteiger partial charge in [0.15, 0.2) is 0 Å². The summed E-state index contributed by atoms with van der Waals surface area (Å²) in [7, 11) is 4.99. The lowest BCUT2D eigenvalue weighted by Crippen LogP contribution is -2.38. The summed E-state index contributed by atoms with van der Waals surface area (Å²) >= 11 is 0. The Bertz CT molecular complexity index is 1260. The van der Waals surface area contributed by atoms with Crippen molar-refractivity contribution in [2.24, 2.45) is 10.9 Å². The number of aryl methyl sites for hydroxylation is 1. The van der Waals surface area contributed by atoms with Crippen LogP contribution in [0.5, 0.6) is 5.75 Å². The maximum atomic E-state index is 13.2. The van der Waals surface area contributed by atoms with E-state index in [9.17, 15) is 9.59 Å². The fourth-order valence-electron chi connectivity index (χ4n) is 5.12. The Kier molecular flexibility index (Phi) is 9.73. The Hall–Kier alpha value is -4.13. The lowest BCUT2D eigenvalue weighted by molar-refractivity contribution is -0.144. The molecule has 0 aliphatic carbocycles. The maximum absolute atomic E-state index is 13.2. The Morgan fingerprint density at radius 1 is 1.00 bits per heavy atom. The van der Waals surface area contributed by atoms with Crippen LogP contribution in [0.15, 0.2) is 83.9 Å². The summed E-state index contributed by atoms with van der Waals surface area (Å²) in [5.41, 5.74) is 4.48. The zero-order chi connectivity index (χ0) is 27.6. The van der Waals surface area contributed by atoms with Crippen molar-refractivity contribution in [1.29, 1.82) is 0 Å². The summed E-state index contributed by atoms with van der Waals surface area (Å²) in [6.07, 6.45) is 2.43. The highest BCUT2D eigenvalue weighted by Gasteiger charge is 2.40. The second-order valence-corrected chi connectivity index (χ2v) is 9.72. The third-order valence-corrected chi connectivity index (χ3v) is 7.23. The number of carbonyl (C=O) groups excluding carboxylic acids is 2. The second kappa shape index (κ2) is 13.6. The van der Waals surface area contributed by atoms with E-state index >= 15 is 0 Å². The number of hydrogen-bond acceptors (Lipinski definition) is 5. The van der Waals surface area contributed by atoms with Gasteiger partial charge in [-0.3, -0.25) is 14.6 Å². The van der Waals surface area contributed by atoms with Crippen LogP contribution >= 0.6 is 0 Å². The third-order valence-electron chi connectivity index (χ3n) is 7.23. The van der Waals surface area contributed by atoms with E-state index in [0.29, 0.717) is 19.6 Å². The normalized spacial score (nSPS) is 17.3. The summed E-state index contributed by atoms with van der Waals surface area (Å²) in [4.78, 5) is 31.2. The number of methoxy groups -OCH3 is 1. The van der Waals surface area contributed by atoms with Gasteiger partial charge in [0.1, 0.15) is 18.2 Å². The third kappa shape index (κ3) is 7.25. The molecule has 39 heavy (non-hydrogen) atoms. The van der Waals surface area contributed by atoms with Gasteiger partial charge in [-0.05, 0) is 48.1 Å². The molecule has 1 aliphatic heterocycles. The lowest BCUT2D eigenvalue weighted by Gasteiger charge is -2.25. The molecule has 1 saturated heterocycles. The summed E-state index contributed by atoms with van der Waals surface area (Å²) in [5.74, 6) is 0.884. The molecule has 2 atom stereocenters. The fourth-order valence-corrected chi connectivity index (χ4v) is 5.12. The molecular weight excluding hydrogens is 490 g/mol. The van der Waals surface area contributed by atoms with Gasteiger partial charge in [0, 0.05) is 26.2 Å². The molecule has 0 spiro atoms. The Morgan fingerprint density at radius 2 is 1.67 bits per heavy atom. The number of amidine groups is 1.